The maximum atomic E-state index is 13.8. The summed E-state index contributed by atoms with van der Waals surface area (Å²) in [5.41, 5.74) is 5.45. The summed E-state index contributed by atoms with van der Waals surface area (Å²) >= 11 is 0. The van der Waals surface area contributed by atoms with Gasteiger partial charge in [-0.2, -0.15) is 0 Å². The molecule has 0 spiro atoms. The molecular weight excluding hydrogens is 484 g/mol. The molecule has 0 saturated carbocycles. The van der Waals surface area contributed by atoms with E-state index in [-0.39, 0.29) is 0 Å². The molecule has 4 rings (SSSR count). The van der Waals surface area contributed by atoms with Gasteiger partial charge in [0, 0.05) is 32.9 Å². The first-order valence-corrected chi connectivity index (χ1v) is 13.6. The summed E-state index contributed by atoms with van der Waals surface area (Å²) in [5, 5.41) is 0. The van der Waals surface area contributed by atoms with Gasteiger partial charge in [-0.05, 0) is 48.2 Å². The number of rotatable bonds is 12. The molecule has 0 atom stereocenters. The van der Waals surface area contributed by atoms with E-state index in [1.165, 1.54) is 11.1 Å². The number of hydrogen-bond donors (Lipinski definition) is 0. The zero-order valence-corrected chi connectivity index (χ0v) is 23.4. The maximum Gasteiger partial charge on any atom is 0.347 e. The van der Waals surface area contributed by atoms with Crippen LogP contribution < -0.4 is 19.3 Å². The molecule has 0 saturated heterocycles. The number of esters is 1. The molecule has 0 aliphatic rings. The molecule has 0 aromatic heterocycles. The van der Waals surface area contributed by atoms with Crippen molar-refractivity contribution in [3.8, 4) is 11.5 Å². The molecule has 0 fully saturated rings. The van der Waals surface area contributed by atoms with Crippen LogP contribution in [0.25, 0.3) is 0 Å². The Morgan fingerprint density at radius 1 is 0.769 bits per heavy atom. The monoisotopic (exact) mass is 522 g/mol. The quantitative estimate of drug-likeness (QED) is 0.109. The largest absolute Gasteiger partial charge is 0.490 e. The zero-order valence-electron chi connectivity index (χ0n) is 23.4. The van der Waals surface area contributed by atoms with Gasteiger partial charge < -0.3 is 19.3 Å². The molecule has 39 heavy (non-hydrogen) atoms. The van der Waals surface area contributed by atoms with Gasteiger partial charge in [-0.25, -0.2) is 4.79 Å². The van der Waals surface area contributed by atoms with Gasteiger partial charge in [0.15, 0.2) is 5.75 Å². The van der Waals surface area contributed by atoms with Gasteiger partial charge in [0.25, 0.3) is 0 Å². The highest BCUT2D eigenvalue weighted by Crippen LogP contribution is 2.42. The molecule has 0 heterocycles. The van der Waals surface area contributed by atoms with Gasteiger partial charge in [-0.3, -0.25) is 0 Å². The van der Waals surface area contributed by atoms with Gasteiger partial charge >= 0.3 is 5.97 Å². The third-order valence-electron chi connectivity index (χ3n) is 6.65. The van der Waals surface area contributed by atoms with E-state index < -0.39 is 5.97 Å². The number of ether oxygens (including phenoxy) is 2. The highest BCUT2D eigenvalue weighted by molar-refractivity contribution is 6.00. The Hall–Kier alpha value is -4.25. The molecule has 0 aliphatic heterocycles. The van der Waals surface area contributed by atoms with Crippen LogP contribution in [0, 0.1) is 6.92 Å². The molecule has 4 aromatic carbocycles. The van der Waals surface area contributed by atoms with Gasteiger partial charge in [-0.15, -0.1) is 0 Å². The van der Waals surface area contributed by atoms with Crippen LogP contribution in [0.3, 0.4) is 0 Å². The third kappa shape index (κ3) is 7.20. The number of carbonyl (C=O) groups excluding carboxylic acids is 1. The third-order valence-corrected chi connectivity index (χ3v) is 6.65. The van der Waals surface area contributed by atoms with Gasteiger partial charge in [0.1, 0.15) is 11.3 Å². The standard InChI is InChI=1S/C34H38N2O3/c1-5-6-22-38-33-31(36(24-27-16-10-7-11-17-27)25-28-18-12-8-13-19-28)23-30(35(3)4)26(2)32(33)34(37)39-29-20-14-9-15-21-29/h7-21,23H,5-6,22,24-25H2,1-4H3. The highest BCUT2D eigenvalue weighted by Gasteiger charge is 2.28. The SMILES string of the molecule is CCCCOc1c(N(Cc2ccccc2)Cc2ccccc2)cc(N(C)C)c(C)c1C(=O)Oc1ccccc1. The first-order valence-electron chi connectivity index (χ1n) is 13.6. The Bertz CT molecular complexity index is 1300. The fourth-order valence-electron chi connectivity index (χ4n) is 4.62. The number of carbonyl (C=O) groups is 1. The minimum Gasteiger partial charge on any atom is -0.490 e. The molecule has 0 unspecified atom stereocenters. The summed E-state index contributed by atoms with van der Waals surface area (Å²) in [5.74, 6) is 0.650. The van der Waals surface area contributed by atoms with E-state index in [0.29, 0.717) is 36.8 Å². The number of hydrogen-bond acceptors (Lipinski definition) is 5. The summed E-state index contributed by atoms with van der Waals surface area (Å²) < 4.78 is 12.4. The van der Waals surface area contributed by atoms with Crippen LogP contribution >= 0.6 is 0 Å². The van der Waals surface area contributed by atoms with Crippen molar-refractivity contribution in [2.75, 3.05) is 30.5 Å². The van der Waals surface area contributed by atoms with Crippen molar-refractivity contribution in [1.82, 2.24) is 0 Å². The number of para-hydroxylation sites is 1. The minimum absolute atomic E-state index is 0.422. The van der Waals surface area contributed by atoms with Gasteiger partial charge in [0.2, 0.25) is 0 Å². The first kappa shape index (κ1) is 27.8. The molecule has 5 nitrogen and oxygen atoms in total. The summed E-state index contributed by atoms with van der Waals surface area (Å²) in [6, 6.07) is 32.1. The van der Waals surface area contributed by atoms with E-state index in [1.54, 1.807) is 12.1 Å². The summed E-state index contributed by atoms with van der Waals surface area (Å²) in [4.78, 5) is 18.1. The topological polar surface area (TPSA) is 42.0 Å². The molecule has 4 aromatic rings. The second-order valence-electron chi connectivity index (χ2n) is 9.87. The van der Waals surface area contributed by atoms with Crippen molar-refractivity contribution >= 4 is 17.3 Å². The van der Waals surface area contributed by atoms with Crippen LogP contribution in [0.15, 0.2) is 97.1 Å². The number of unbranched alkanes of at least 4 members (excludes halogenated alkanes) is 1. The van der Waals surface area contributed by atoms with Gasteiger partial charge in [0.05, 0.1) is 12.3 Å². The van der Waals surface area contributed by atoms with Crippen molar-refractivity contribution in [2.24, 2.45) is 0 Å². The predicted octanol–water partition coefficient (Wildman–Crippen LogP) is 7.67. The van der Waals surface area contributed by atoms with Crippen LogP contribution in [0.4, 0.5) is 11.4 Å². The van der Waals surface area contributed by atoms with Crippen molar-refractivity contribution in [3.63, 3.8) is 0 Å². The Morgan fingerprint density at radius 2 is 1.31 bits per heavy atom. The zero-order chi connectivity index (χ0) is 27.6. The van der Waals surface area contributed by atoms with E-state index in [1.807, 2.05) is 56.3 Å². The van der Waals surface area contributed by atoms with Crippen LogP contribution in [0.1, 0.15) is 46.8 Å². The van der Waals surface area contributed by atoms with Crippen molar-refractivity contribution in [1.29, 1.82) is 0 Å². The second-order valence-corrected chi connectivity index (χ2v) is 9.87. The van der Waals surface area contributed by atoms with Crippen LogP contribution in [-0.2, 0) is 13.1 Å². The average molecular weight is 523 g/mol. The fraction of sp³-hybridized carbons (Fsp3) is 0.265. The lowest BCUT2D eigenvalue weighted by atomic mass is 10.0. The molecule has 0 radical (unpaired) electrons. The summed E-state index contributed by atoms with van der Waals surface area (Å²) in [6.07, 6.45) is 1.88. The summed E-state index contributed by atoms with van der Waals surface area (Å²) in [6.45, 7) is 5.92. The Labute approximate surface area is 232 Å². The van der Waals surface area contributed by atoms with E-state index >= 15 is 0 Å². The number of anilines is 2. The molecule has 0 bridgehead atoms. The minimum atomic E-state index is -0.422. The van der Waals surface area contributed by atoms with E-state index in [9.17, 15) is 4.79 Å². The normalized spacial score (nSPS) is 10.7. The molecule has 5 heteroatoms. The van der Waals surface area contributed by atoms with Gasteiger partial charge in [-0.1, -0.05) is 92.2 Å². The smallest absolute Gasteiger partial charge is 0.347 e. The van der Waals surface area contributed by atoms with E-state index in [0.717, 1.165) is 29.8 Å². The van der Waals surface area contributed by atoms with Crippen LogP contribution in [-0.4, -0.2) is 26.7 Å². The molecule has 0 N–H and O–H groups in total. The van der Waals surface area contributed by atoms with Crippen LogP contribution in [0.2, 0.25) is 0 Å². The first-order chi connectivity index (χ1) is 19.0. The lowest BCUT2D eigenvalue weighted by molar-refractivity contribution is 0.0729. The molecule has 0 amide bonds. The maximum absolute atomic E-state index is 13.8. The fourth-order valence-corrected chi connectivity index (χ4v) is 4.62. The van der Waals surface area contributed by atoms with Crippen LogP contribution in [0.5, 0.6) is 11.5 Å². The average Bonchev–Trinajstić information content (AvgIpc) is 2.94. The number of benzene rings is 4. The lowest BCUT2D eigenvalue weighted by Gasteiger charge is -2.31. The molecular formula is C34H38N2O3. The van der Waals surface area contributed by atoms with Crippen molar-refractivity contribution < 1.29 is 14.3 Å². The Balaban J connectivity index is 1.88. The highest BCUT2D eigenvalue weighted by atomic mass is 16.5. The van der Waals surface area contributed by atoms with E-state index in [2.05, 4.69) is 66.4 Å². The molecule has 202 valence electrons. The van der Waals surface area contributed by atoms with E-state index in [4.69, 9.17) is 9.47 Å². The van der Waals surface area contributed by atoms with Crippen molar-refractivity contribution in [2.45, 2.75) is 39.8 Å². The summed E-state index contributed by atoms with van der Waals surface area (Å²) in [7, 11) is 3.99. The molecule has 0 aliphatic carbocycles. The predicted molar refractivity (Wildman–Crippen MR) is 160 cm³/mol. The Morgan fingerprint density at radius 3 is 1.82 bits per heavy atom. The van der Waals surface area contributed by atoms with Crippen molar-refractivity contribution in [3.05, 3.63) is 119 Å². The lowest BCUT2D eigenvalue weighted by Crippen LogP contribution is -2.26. The Kier molecular flexibility index (Phi) is 9.63. The number of nitrogens with zero attached hydrogens (tertiary/aromatic N) is 2. The second kappa shape index (κ2) is 13.5.